The molecule has 0 aliphatic heterocycles. The lowest BCUT2D eigenvalue weighted by molar-refractivity contribution is -0.137. The molecule has 3 N–H and O–H groups in total. The molecule has 0 fully saturated rings. The van der Waals surface area contributed by atoms with Crippen LogP contribution in [0.2, 0.25) is 0 Å². The molecule has 0 heterocycles. The van der Waals surface area contributed by atoms with Crippen molar-refractivity contribution in [3.8, 4) is 11.1 Å². The normalized spacial score (nSPS) is 14.1. The summed E-state index contributed by atoms with van der Waals surface area (Å²) in [4.78, 5) is 36.0. The van der Waals surface area contributed by atoms with Gasteiger partial charge in [-0.3, -0.25) is 9.59 Å². The topological polar surface area (TPSA) is 105 Å². The van der Waals surface area contributed by atoms with Gasteiger partial charge in [0.2, 0.25) is 5.91 Å². The first-order valence-electron chi connectivity index (χ1n) is 11.0. The van der Waals surface area contributed by atoms with Gasteiger partial charge in [-0.1, -0.05) is 68.3 Å². The number of carboxylic acids is 1. The van der Waals surface area contributed by atoms with Crippen molar-refractivity contribution in [2.24, 2.45) is 0 Å². The van der Waals surface area contributed by atoms with Crippen LogP contribution in [0.5, 0.6) is 0 Å². The van der Waals surface area contributed by atoms with Crippen LogP contribution in [-0.2, 0) is 14.3 Å². The second-order valence-corrected chi connectivity index (χ2v) is 8.17. The third kappa shape index (κ3) is 5.66. The average molecular weight is 439 g/mol. The largest absolute Gasteiger partial charge is 0.481 e. The van der Waals surface area contributed by atoms with Crippen LogP contribution in [-0.4, -0.2) is 41.8 Å². The van der Waals surface area contributed by atoms with Crippen LogP contribution in [0.3, 0.4) is 0 Å². The summed E-state index contributed by atoms with van der Waals surface area (Å²) in [6, 6.07) is 14.8. The first-order chi connectivity index (χ1) is 15.4. The number of carbonyl (C=O) groups is 3. The second kappa shape index (κ2) is 10.8. The minimum Gasteiger partial charge on any atom is -0.481 e. The number of amides is 2. The summed E-state index contributed by atoms with van der Waals surface area (Å²) in [6.07, 6.45) is 1.22. The predicted octanol–water partition coefficient (Wildman–Crippen LogP) is 4.06. The molecule has 7 nitrogen and oxygen atoms in total. The van der Waals surface area contributed by atoms with Gasteiger partial charge in [0.05, 0.1) is 6.42 Å². The fraction of sp³-hybridized carbons (Fsp3) is 0.400. The molecule has 7 heteroatoms. The van der Waals surface area contributed by atoms with Gasteiger partial charge in [0.25, 0.3) is 0 Å². The summed E-state index contributed by atoms with van der Waals surface area (Å²) < 4.78 is 5.55. The van der Waals surface area contributed by atoms with E-state index in [1.165, 1.54) is 0 Å². The van der Waals surface area contributed by atoms with Crippen LogP contribution in [0.15, 0.2) is 48.5 Å². The van der Waals surface area contributed by atoms with E-state index in [9.17, 15) is 14.4 Å². The summed E-state index contributed by atoms with van der Waals surface area (Å²) in [6.45, 7) is 3.78. The van der Waals surface area contributed by atoms with E-state index in [0.717, 1.165) is 35.1 Å². The van der Waals surface area contributed by atoms with E-state index in [-0.39, 0.29) is 18.9 Å². The number of carboxylic acid groups (broad SMARTS) is 1. The van der Waals surface area contributed by atoms with Crippen LogP contribution in [0.4, 0.5) is 4.79 Å². The fourth-order valence-corrected chi connectivity index (χ4v) is 4.12. The molecule has 170 valence electrons. The van der Waals surface area contributed by atoms with E-state index in [4.69, 9.17) is 9.84 Å². The number of alkyl carbamates (subject to hydrolysis) is 1. The van der Waals surface area contributed by atoms with E-state index in [1.54, 1.807) is 6.92 Å². The molecule has 0 bridgehead atoms. The fourth-order valence-electron chi connectivity index (χ4n) is 4.12. The Morgan fingerprint density at radius 1 is 1.00 bits per heavy atom. The van der Waals surface area contributed by atoms with Crippen LogP contribution in [0, 0.1) is 0 Å². The SMILES string of the molecule is CCCCC(NC(=O)OCC1c2ccccc2-c2ccccc21)C(=O)N[C@H](C)CC(=O)O. The maximum atomic E-state index is 12.6. The Hall–Kier alpha value is -3.35. The quantitative estimate of drug-likeness (QED) is 0.519. The van der Waals surface area contributed by atoms with Gasteiger partial charge >= 0.3 is 12.1 Å². The van der Waals surface area contributed by atoms with Crippen molar-refractivity contribution >= 4 is 18.0 Å². The zero-order valence-corrected chi connectivity index (χ0v) is 18.5. The van der Waals surface area contributed by atoms with Gasteiger partial charge < -0.3 is 20.5 Å². The number of fused-ring (bicyclic) bond motifs is 3. The van der Waals surface area contributed by atoms with Crippen molar-refractivity contribution in [1.29, 1.82) is 0 Å². The molecule has 1 aliphatic rings. The highest BCUT2D eigenvalue weighted by Crippen LogP contribution is 2.44. The standard InChI is InChI=1S/C25H30N2O5/c1-3-4-13-22(24(30)26-16(2)14-23(28)29)27-25(31)32-15-21-19-11-7-5-9-17(19)18-10-6-8-12-20(18)21/h5-12,16,21-22H,3-4,13-15H2,1-2H3,(H,26,30)(H,27,31)(H,28,29)/t16-,22?/m1/s1. The van der Waals surface area contributed by atoms with Crippen molar-refractivity contribution in [2.45, 2.75) is 57.5 Å². The first kappa shape index (κ1) is 23.3. The number of hydrogen-bond donors (Lipinski definition) is 3. The van der Waals surface area contributed by atoms with Crippen molar-refractivity contribution in [2.75, 3.05) is 6.61 Å². The van der Waals surface area contributed by atoms with Crippen LogP contribution in [0.1, 0.15) is 56.6 Å². The molecule has 0 aromatic heterocycles. The molecule has 1 aliphatic carbocycles. The highest BCUT2D eigenvalue weighted by atomic mass is 16.5. The number of carbonyl (C=O) groups excluding carboxylic acids is 2. The minimum absolute atomic E-state index is 0.0633. The average Bonchev–Trinajstić information content (AvgIpc) is 3.08. The smallest absolute Gasteiger partial charge is 0.407 e. The van der Waals surface area contributed by atoms with Crippen molar-refractivity contribution in [1.82, 2.24) is 10.6 Å². The lowest BCUT2D eigenvalue weighted by atomic mass is 9.98. The molecule has 0 saturated heterocycles. The zero-order valence-electron chi connectivity index (χ0n) is 18.5. The Kier molecular flexibility index (Phi) is 7.87. The van der Waals surface area contributed by atoms with Gasteiger partial charge in [0.15, 0.2) is 0 Å². The molecule has 32 heavy (non-hydrogen) atoms. The number of benzene rings is 2. The van der Waals surface area contributed by atoms with Crippen LogP contribution >= 0.6 is 0 Å². The minimum atomic E-state index is -0.993. The number of nitrogens with one attached hydrogen (secondary N) is 2. The molecule has 1 unspecified atom stereocenters. The van der Waals surface area contributed by atoms with Crippen molar-refractivity contribution in [3.05, 3.63) is 59.7 Å². The third-order valence-corrected chi connectivity index (χ3v) is 5.67. The monoisotopic (exact) mass is 438 g/mol. The number of aliphatic carboxylic acids is 1. The van der Waals surface area contributed by atoms with E-state index < -0.39 is 30.1 Å². The summed E-state index contributed by atoms with van der Waals surface area (Å²) in [5.41, 5.74) is 4.52. The first-order valence-corrected chi connectivity index (χ1v) is 11.0. The molecule has 2 amide bonds. The molecule has 2 aromatic carbocycles. The van der Waals surface area contributed by atoms with E-state index in [0.29, 0.717) is 6.42 Å². The Labute approximate surface area is 188 Å². The van der Waals surface area contributed by atoms with E-state index in [2.05, 4.69) is 22.8 Å². The summed E-state index contributed by atoms with van der Waals surface area (Å²) in [7, 11) is 0. The van der Waals surface area contributed by atoms with Gasteiger partial charge in [-0.2, -0.15) is 0 Å². The molecule has 3 rings (SSSR count). The molecule has 2 atom stereocenters. The van der Waals surface area contributed by atoms with E-state index in [1.807, 2.05) is 43.3 Å². The Balaban J connectivity index is 1.63. The Bertz CT molecular complexity index is 929. The molecular formula is C25H30N2O5. The second-order valence-electron chi connectivity index (χ2n) is 8.17. The summed E-state index contributed by atoms with van der Waals surface area (Å²) in [5.74, 6) is -1.46. The third-order valence-electron chi connectivity index (χ3n) is 5.67. The summed E-state index contributed by atoms with van der Waals surface area (Å²) in [5, 5.41) is 14.2. The number of hydrogen-bond acceptors (Lipinski definition) is 4. The number of ether oxygens (including phenoxy) is 1. The molecule has 0 radical (unpaired) electrons. The lowest BCUT2D eigenvalue weighted by Crippen LogP contribution is -2.49. The molecular weight excluding hydrogens is 408 g/mol. The molecule has 0 spiro atoms. The van der Waals surface area contributed by atoms with Crippen molar-refractivity contribution in [3.63, 3.8) is 0 Å². The number of unbranched alkanes of at least 4 members (excludes halogenated alkanes) is 1. The maximum Gasteiger partial charge on any atom is 0.407 e. The van der Waals surface area contributed by atoms with Gasteiger partial charge in [0, 0.05) is 12.0 Å². The zero-order chi connectivity index (χ0) is 23.1. The van der Waals surface area contributed by atoms with Crippen molar-refractivity contribution < 1.29 is 24.2 Å². The van der Waals surface area contributed by atoms with Gasteiger partial charge in [-0.25, -0.2) is 4.79 Å². The van der Waals surface area contributed by atoms with Gasteiger partial charge in [-0.15, -0.1) is 0 Å². The maximum absolute atomic E-state index is 12.6. The van der Waals surface area contributed by atoms with Gasteiger partial charge in [0.1, 0.15) is 12.6 Å². The Morgan fingerprint density at radius 2 is 1.59 bits per heavy atom. The van der Waals surface area contributed by atoms with Gasteiger partial charge in [-0.05, 0) is 35.6 Å². The lowest BCUT2D eigenvalue weighted by Gasteiger charge is -2.21. The Morgan fingerprint density at radius 3 is 2.16 bits per heavy atom. The van der Waals surface area contributed by atoms with Crippen LogP contribution < -0.4 is 10.6 Å². The molecule has 2 aromatic rings. The predicted molar refractivity (Wildman–Crippen MR) is 121 cm³/mol. The van der Waals surface area contributed by atoms with E-state index >= 15 is 0 Å². The highest BCUT2D eigenvalue weighted by Gasteiger charge is 2.30. The van der Waals surface area contributed by atoms with Crippen LogP contribution in [0.25, 0.3) is 11.1 Å². The molecule has 0 saturated carbocycles. The highest BCUT2D eigenvalue weighted by molar-refractivity contribution is 5.86. The summed E-state index contributed by atoms with van der Waals surface area (Å²) >= 11 is 0. The number of rotatable bonds is 10.